The van der Waals surface area contributed by atoms with Crippen LogP contribution >= 0.6 is 0 Å². The monoisotopic (exact) mass is 438 g/mol. The molecule has 0 radical (unpaired) electrons. The zero-order valence-corrected chi connectivity index (χ0v) is 18.4. The van der Waals surface area contributed by atoms with Crippen molar-refractivity contribution >= 4 is 16.2 Å². The molecule has 1 aliphatic rings. The predicted molar refractivity (Wildman–Crippen MR) is 128 cm³/mol. The van der Waals surface area contributed by atoms with Gasteiger partial charge in [-0.3, -0.25) is 0 Å². The molecule has 0 atom stereocenters. The molecule has 4 nitrogen and oxygen atoms in total. The van der Waals surface area contributed by atoms with Crippen LogP contribution < -0.4 is 4.83 Å². The summed E-state index contributed by atoms with van der Waals surface area (Å²) in [5.41, 5.74) is 5.71. The van der Waals surface area contributed by atoms with Crippen molar-refractivity contribution in [3.63, 3.8) is 0 Å². The standard InChI is InChI=1S/C27H22N2O2S/c1-20-15-17-22(18-16-20)32(30,31)29-28-19-27(21-9-3-2-4-10-21)25-13-7-5-11-23(25)24-12-6-8-14-26(24)27/h2-19,29H,1H3/b28-19+. The van der Waals surface area contributed by atoms with Crippen LogP contribution in [0.15, 0.2) is 113 Å². The normalized spacial score (nSPS) is 14.2. The van der Waals surface area contributed by atoms with Crippen LogP contribution in [-0.4, -0.2) is 14.6 Å². The minimum absolute atomic E-state index is 0.182. The number of aryl methyl sites for hydroxylation is 1. The highest BCUT2D eigenvalue weighted by Gasteiger charge is 2.43. The summed E-state index contributed by atoms with van der Waals surface area (Å²) in [5.74, 6) is 0. The van der Waals surface area contributed by atoms with Gasteiger partial charge in [0.2, 0.25) is 0 Å². The van der Waals surface area contributed by atoms with Crippen LogP contribution in [-0.2, 0) is 15.4 Å². The summed E-state index contributed by atoms with van der Waals surface area (Å²) in [6, 6.07) is 33.2. The van der Waals surface area contributed by atoms with Crippen LogP contribution in [0.2, 0.25) is 0 Å². The van der Waals surface area contributed by atoms with Gasteiger partial charge in [0.05, 0.1) is 10.3 Å². The number of hydrogen-bond donors (Lipinski definition) is 1. The number of sulfonamides is 1. The van der Waals surface area contributed by atoms with Crippen LogP contribution in [0, 0.1) is 6.92 Å². The van der Waals surface area contributed by atoms with Crippen molar-refractivity contribution in [2.45, 2.75) is 17.2 Å². The molecule has 0 amide bonds. The molecule has 1 aliphatic carbocycles. The first-order valence-electron chi connectivity index (χ1n) is 10.4. The van der Waals surface area contributed by atoms with Crippen LogP contribution in [0.25, 0.3) is 11.1 Å². The van der Waals surface area contributed by atoms with E-state index in [1.165, 1.54) is 0 Å². The van der Waals surface area contributed by atoms with Crippen molar-refractivity contribution in [2.75, 3.05) is 0 Å². The third kappa shape index (κ3) is 3.22. The van der Waals surface area contributed by atoms with E-state index in [-0.39, 0.29) is 4.90 Å². The van der Waals surface area contributed by atoms with E-state index < -0.39 is 15.4 Å². The summed E-state index contributed by atoms with van der Waals surface area (Å²) in [4.78, 5) is 2.60. The molecule has 1 N–H and O–H groups in total. The Morgan fingerprint density at radius 1 is 0.719 bits per heavy atom. The molecule has 0 spiro atoms. The van der Waals surface area contributed by atoms with Gasteiger partial charge in [0.15, 0.2) is 0 Å². The minimum Gasteiger partial charge on any atom is -0.200 e. The lowest BCUT2D eigenvalue weighted by Gasteiger charge is -2.28. The maximum atomic E-state index is 12.8. The largest absolute Gasteiger partial charge is 0.276 e. The number of nitrogens with one attached hydrogen (secondary N) is 1. The molecule has 0 aliphatic heterocycles. The van der Waals surface area contributed by atoms with Gasteiger partial charge in [-0.2, -0.15) is 13.5 Å². The lowest BCUT2D eigenvalue weighted by atomic mass is 9.73. The molecule has 4 aromatic carbocycles. The third-order valence-corrected chi connectivity index (χ3v) is 7.22. The van der Waals surface area contributed by atoms with Gasteiger partial charge in [-0.1, -0.05) is 96.6 Å². The van der Waals surface area contributed by atoms with Crippen molar-refractivity contribution in [3.05, 3.63) is 125 Å². The van der Waals surface area contributed by atoms with Crippen molar-refractivity contribution in [3.8, 4) is 11.1 Å². The molecule has 5 heteroatoms. The van der Waals surface area contributed by atoms with Crippen LogP contribution in [0.3, 0.4) is 0 Å². The zero-order chi connectivity index (χ0) is 22.2. The number of rotatable bonds is 5. The number of hydrogen-bond acceptors (Lipinski definition) is 3. The Bertz CT molecular complexity index is 1360. The molecule has 32 heavy (non-hydrogen) atoms. The second-order valence-corrected chi connectivity index (χ2v) is 9.59. The highest BCUT2D eigenvalue weighted by atomic mass is 32.2. The van der Waals surface area contributed by atoms with Gasteiger partial charge in [-0.15, -0.1) is 0 Å². The highest BCUT2D eigenvalue weighted by Crippen LogP contribution is 2.51. The zero-order valence-electron chi connectivity index (χ0n) is 17.6. The van der Waals surface area contributed by atoms with Crippen LogP contribution in [0.4, 0.5) is 0 Å². The Morgan fingerprint density at radius 3 is 1.84 bits per heavy atom. The molecular formula is C27H22N2O2S. The summed E-state index contributed by atoms with van der Waals surface area (Å²) < 4.78 is 25.6. The van der Waals surface area contributed by atoms with Crippen LogP contribution in [0.5, 0.6) is 0 Å². The van der Waals surface area contributed by atoms with Gasteiger partial charge in [0.1, 0.15) is 0 Å². The topological polar surface area (TPSA) is 58.5 Å². The van der Waals surface area contributed by atoms with E-state index in [0.29, 0.717) is 0 Å². The Kier molecular flexibility index (Phi) is 4.91. The molecule has 0 heterocycles. The van der Waals surface area contributed by atoms with Crippen molar-refractivity contribution in [1.82, 2.24) is 4.83 Å². The maximum Gasteiger partial charge on any atom is 0.276 e. The van der Waals surface area contributed by atoms with E-state index >= 15 is 0 Å². The summed E-state index contributed by atoms with van der Waals surface area (Å²) in [5, 5.41) is 4.31. The summed E-state index contributed by atoms with van der Waals surface area (Å²) in [6.07, 6.45) is 1.72. The Balaban J connectivity index is 1.65. The summed E-state index contributed by atoms with van der Waals surface area (Å²) in [6.45, 7) is 1.92. The quantitative estimate of drug-likeness (QED) is 0.341. The molecule has 0 fully saturated rings. The van der Waals surface area contributed by atoms with Crippen LogP contribution in [0.1, 0.15) is 22.3 Å². The SMILES string of the molecule is Cc1ccc(S(=O)(=O)N/N=C/C2(c3ccccc3)c3ccccc3-c3ccccc32)cc1. The first-order valence-corrected chi connectivity index (χ1v) is 11.9. The summed E-state index contributed by atoms with van der Waals surface area (Å²) in [7, 11) is -3.78. The Morgan fingerprint density at radius 2 is 1.25 bits per heavy atom. The molecule has 4 aromatic rings. The van der Waals surface area contributed by atoms with Crippen molar-refractivity contribution in [2.24, 2.45) is 5.10 Å². The lowest BCUT2D eigenvalue weighted by Crippen LogP contribution is -2.30. The molecule has 0 saturated carbocycles. The molecule has 0 bridgehead atoms. The fourth-order valence-corrected chi connectivity index (χ4v) is 5.25. The molecule has 0 aromatic heterocycles. The summed E-state index contributed by atoms with van der Waals surface area (Å²) >= 11 is 0. The van der Waals surface area contributed by atoms with E-state index in [1.807, 2.05) is 49.4 Å². The van der Waals surface area contributed by atoms with Crippen molar-refractivity contribution < 1.29 is 8.42 Å². The van der Waals surface area contributed by atoms with Crippen molar-refractivity contribution in [1.29, 1.82) is 0 Å². The molecule has 158 valence electrons. The molecule has 0 unspecified atom stereocenters. The van der Waals surface area contributed by atoms with Gasteiger partial charge >= 0.3 is 0 Å². The fourth-order valence-electron chi connectivity index (χ4n) is 4.46. The van der Waals surface area contributed by atoms with Gasteiger partial charge in [-0.25, -0.2) is 4.83 Å². The molecule has 0 saturated heterocycles. The number of hydrazone groups is 1. The van der Waals surface area contributed by atoms with Gasteiger partial charge < -0.3 is 0 Å². The average molecular weight is 439 g/mol. The lowest BCUT2D eigenvalue weighted by molar-refractivity contribution is 0.584. The number of benzene rings is 4. The third-order valence-electron chi connectivity index (χ3n) is 5.99. The van der Waals surface area contributed by atoms with E-state index in [1.54, 1.807) is 30.5 Å². The predicted octanol–water partition coefficient (Wildman–Crippen LogP) is 5.27. The van der Waals surface area contributed by atoms with E-state index in [4.69, 9.17) is 0 Å². The first-order chi connectivity index (χ1) is 15.5. The first kappa shape index (κ1) is 20.2. The Hall–Kier alpha value is -3.70. The fraction of sp³-hybridized carbons (Fsp3) is 0.0741. The van der Waals surface area contributed by atoms with E-state index in [9.17, 15) is 8.42 Å². The van der Waals surface area contributed by atoms with E-state index in [0.717, 1.165) is 33.4 Å². The van der Waals surface area contributed by atoms with E-state index in [2.05, 4.69) is 46.3 Å². The second-order valence-electron chi connectivity index (χ2n) is 7.93. The minimum atomic E-state index is -3.78. The highest BCUT2D eigenvalue weighted by molar-refractivity contribution is 7.89. The van der Waals surface area contributed by atoms with Gasteiger partial charge in [0, 0.05) is 6.21 Å². The number of fused-ring (bicyclic) bond motifs is 3. The maximum absolute atomic E-state index is 12.8. The Labute approximate surface area is 188 Å². The number of nitrogens with zero attached hydrogens (tertiary/aromatic N) is 1. The van der Waals surface area contributed by atoms with Gasteiger partial charge in [0.25, 0.3) is 10.0 Å². The van der Waals surface area contributed by atoms with Gasteiger partial charge in [-0.05, 0) is 46.9 Å². The second kappa shape index (κ2) is 7.77. The average Bonchev–Trinajstić information content (AvgIpc) is 3.11. The molecule has 5 rings (SSSR count). The molecular weight excluding hydrogens is 416 g/mol. The smallest absolute Gasteiger partial charge is 0.200 e.